The van der Waals surface area contributed by atoms with Gasteiger partial charge in [-0.15, -0.1) is 0 Å². The first-order valence-electron chi connectivity index (χ1n) is 6.40. The minimum absolute atomic E-state index is 0.382. The first-order chi connectivity index (χ1) is 9.61. The normalized spacial score (nSPS) is 12.4. The van der Waals surface area contributed by atoms with Gasteiger partial charge in [-0.1, -0.05) is 18.5 Å². The van der Waals surface area contributed by atoms with Crippen molar-refractivity contribution in [1.82, 2.24) is 10.3 Å². The van der Waals surface area contributed by atoms with Crippen LogP contribution in [0.25, 0.3) is 0 Å². The van der Waals surface area contributed by atoms with Gasteiger partial charge in [-0.05, 0) is 42.8 Å². The Hall–Kier alpha value is -1.52. The number of hydrogen-bond acceptors (Lipinski definition) is 2. The van der Waals surface area contributed by atoms with Gasteiger partial charge in [-0.2, -0.15) is 0 Å². The molecule has 1 aromatic carbocycles. The van der Waals surface area contributed by atoms with Crippen molar-refractivity contribution in [2.24, 2.45) is 0 Å². The van der Waals surface area contributed by atoms with Crippen molar-refractivity contribution in [2.75, 3.05) is 6.54 Å². The fourth-order valence-corrected chi connectivity index (χ4v) is 2.20. The van der Waals surface area contributed by atoms with Gasteiger partial charge in [0, 0.05) is 16.8 Å². The van der Waals surface area contributed by atoms with Gasteiger partial charge in [-0.3, -0.25) is 4.98 Å². The molecule has 0 spiro atoms. The van der Waals surface area contributed by atoms with Crippen molar-refractivity contribution in [3.63, 3.8) is 0 Å². The van der Waals surface area contributed by atoms with E-state index in [4.69, 9.17) is 11.6 Å². The second-order valence-electron chi connectivity index (χ2n) is 4.49. The quantitative estimate of drug-likeness (QED) is 0.898. The van der Waals surface area contributed by atoms with Crippen LogP contribution in [0.4, 0.5) is 8.78 Å². The van der Waals surface area contributed by atoms with Gasteiger partial charge in [-0.25, -0.2) is 8.78 Å². The summed E-state index contributed by atoms with van der Waals surface area (Å²) >= 11 is 5.93. The van der Waals surface area contributed by atoms with Crippen molar-refractivity contribution >= 4 is 11.6 Å². The molecule has 0 aliphatic carbocycles. The molecule has 1 aromatic heterocycles. The zero-order valence-electron chi connectivity index (χ0n) is 11.0. The highest BCUT2D eigenvalue weighted by atomic mass is 35.5. The standard InChI is InChI=1S/C15H15ClF2N2/c1-2-5-20-15(10-6-12(17)9-19-8-10)13-7-11(16)3-4-14(13)18/h3-4,6-9,15,20H,2,5H2,1H3. The van der Waals surface area contributed by atoms with Crippen LogP contribution in [0.3, 0.4) is 0 Å². The maximum absolute atomic E-state index is 14.0. The summed E-state index contributed by atoms with van der Waals surface area (Å²) in [6.45, 7) is 2.68. The van der Waals surface area contributed by atoms with Crippen LogP contribution >= 0.6 is 11.6 Å². The molecular weight excluding hydrogens is 282 g/mol. The van der Waals surface area contributed by atoms with Gasteiger partial charge in [0.05, 0.1) is 12.2 Å². The molecule has 0 fully saturated rings. The minimum Gasteiger partial charge on any atom is -0.306 e. The third kappa shape index (κ3) is 3.52. The molecule has 1 N–H and O–H groups in total. The summed E-state index contributed by atoms with van der Waals surface area (Å²) in [5.41, 5.74) is 0.956. The Labute approximate surface area is 121 Å². The fraction of sp³-hybridized carbons (Fsp3) is 0.267. The van der Waals surface area contributed by atoms with Gasteiger partial charge in [0.25, 0.3) is 0 Å². The number of nitrogens with one attached hydrogen (secondary N) is 1. The average Bonchev–Trinajstić information content (AvgIpc) is 2.43. The molecule has 0 saturated carbocycles. The highest BCUT2D eigenvalue weighted by molar-refractivity contribution is 6.30. The lowest BCUT2D eigenvalue weighted by Crippen LogP contribution is -2.24. The molecule has 2 rings (SSSR count). The fourth-order valence-electron chi connectivity index (χ4n) is 2.02. The van der Waals surface area contributed by atoms with Crippen LogP contribution < -0.4 is 5.32 Å². The smallest absolute Gasteiger partial charge is 0.141 e. The SMILES string of the molecule is CCCNC(c1cncc(F)c1)c1cc(Cl)ccc1F. The van der Waals surface area contributed by atoms with Crippen molar-refractivity contribution in [1.29, 1.82) is 0 Å². The van der Waals surface area contributed by atoms with Crippen LogP contribution in [0.15, 0.2) is 36.7 Å². The van der Waals surface area contributed by atoms with E-state index < -0.39 is 11.9 Å². The molecule has 0 aliphatic heterocycles. The molecule has 0 bridgehead atoms. The molecule has 1 unspecified atom stereocenters. The molecule has 20 heavy (non-hydrogen) atoms. The third-order valence-corrected chi connectivity index (χ3v) is 3.16. The molecule has 0 aliphatic rings. The Bertz CT molecular complexity index is 590. The monoisotopic (exact) mass is 296 g/mol. The first kappa shape index (κ1) is 14.9. The van der Waals surface area contributed by atoms with Gasteiger partial charge in [0.1, 0.15) is 11.6 Å². The van der Waals surface area contributed by atoms with E-state index in [2.05, 4.69) is 10.3 Å². The van der Waals surface area contributed by atoms with E-state index in [-0.39, 0.29) is 5.82 Å². The van der Waals surface area contributed by atoms with Crippen LogP contribution in [0.5, 0.6) is 0 Å². The Morgan fingerprint density at radius 1 is 1.25 bits per heavy atom. The largest absolute Gasteiger partial charge is 0.306 e. The molecule has 2 aromatic rings. The van der Waals surface area contributed by atoms with Crippen LogP contribution in [0, 0.1) is 11.6 Å². The van der Waals surface area contributed by atoms with Gasteiger partial charge in [0.15, 0.2) is 0 Å². The predicted molar refractivity (Wildman–Crippen MR) is 75.7 cm³/mol. The van der Waals surface area contributed by atoms with E-state index in [1.807, 2.05) is 6.92 Å². The number of aromatic nitrogens is 1. The van der Waals surface area contributed by atoms with Crippen molar-refractivity contribution < 1.29 is 8.78 Å². The Morgan fingerprint density at radius 3 is 2.75 bits per heavy atom. The highest BCUT2D eigenvalue weighted by Crippen LogP contribution is 2.27. The highest BCUT2D eigenvalue weighted by Gasteiger charge is 2.18. The Balaban J connectivity index is 2.44. The number of pyridine rings is 1. The summed E-state index contributed by atoms with van der Waals surface area (Å²) < 4.78 is 27.4. The lowest BCUT2D eigenvalue weighted by atomic mass is 9.99. The maximum atomic E-state index is 14.0. The van der Waals surface area contributed by atoms with Crippen LogP contribution in [-0.2, 0) is 0 Å². The van der Waals surface area contributed by atoms with Crippen LogP contribution in [0.2, 0.25) is 5.02 Å². The summed E-state index contributed by atoms with van der Waals surface area (Å²) in [7, 11) is 0. The third-order valence-electron chi connectivity index (χ3n) is 2.93. The van der Waals surface area contributed by atoms with Crippen LogP contribution in [-0.4, -0.2) is 11.5 Å². The lowest BCUT2D eigenvalue weighted by Gasteiger charge is -2.20. The van der Waals surface area contributed by atoms with Crippen molar-refractivity contribution in [3.8, 4) is 0 Å². The van der Waals surface area contributed by atoms with Crippen molar-refractivity contribution in [3.05, 3.63) is 64.4 Å². The van der Waals surface area contributed by atoms with E-state index in [1.165, 1.54) is 24.4 Å². The zero-order valence-corrected chi connectivity index (χ0v) is 11.8. The lowest BCUT2D eigenvalue weighted by molar-refractivity contribution is 0.541. The number of nitrogens with zero attached hydrogens (tertiary/aromatic N) is 1. The molecule has 0 radical (unpaired) electrons. The van der Waals surface area contributed by atoms with E-state index in [9.17, 15) is 8.78 Å². The Morgan fingerprint density at radius 2 is 2.05 bits per heavy atom. The second-order valence-corrected chi connectivity index (χ2v) is 4.93. The number of benzene rings is 1. The van der Waals surface area contributed by atoms with Crippen molar-refractivity contribution in [2.45, 2.75) is 19.4 Å². The van der Waals surface area contributed by atoms with E-state index >= 15 is 0 Å². The Kier molecular flexibility index (Phi) is 5.04. The second kappa shape index (κ2) is 6.77. The van der Waals surface area contributed by atoms with E-state index in [0.29, 0.717) is 22.7 Å². The predicted octanol–water partition coefficient (Wildman–Crippen LogP) is 4.10. The van der Waals surface area contributed by atoms with E-state index in [0.717, 1.165) is 12.6 Å². The molecule has 0 amide bonds. The molecule has 1 heterocycles. The minimum atomic E-state index is -0.475. The summed E-state index contributed by atoms with van der Waals surface area (Å²) in [6, 6.07) is 5.22. The summed E-state index contributed by atoms with van der Waals surface area (Å²) in [4.78, 5) is 3.82. The molecular formula is C15H15ClF2N2. The maximum Gasteiger partial charge on any atom is 0.141 e. The first-order valence-corrected chi connectivity index (χ1v) is 6.78. The molecule has 0 saturated heterocycles. The molecule has 1 atom stereocenters. The average molecular weight is 297 g/mol. The molecule has 2 nitrogen and oxygen atoms in total. The molecule has 106 valence electrons. The van der Waals surface area contributed by atoms with Gasteiger partial charge >= 0.3 is 0 Å². The number of rotatable bonds is 5. The summed E-state index contributed by atoms with van der Waals surface area (Å²) in [6.07, 6.45) is 3.52. The molecule has 5 heteroatoms. The van der Waals surface area contributed by atoms with Gasteiger partial charge in [0.2, 0.25) is 0 Å². The van der Waals surface area contributed by atoms with E-state index in [1.54, 1.807) is 6.07 Å². The van der Waals surface area contributed by atoms with Gasteiger partial charge < -0.3 is 5.32 Å². The summed E-state index contributed by atoms with van der Waals surface area (Å²) in [5, 5.41) is 3.63. The number of halogens is 3. The van der Waals surface area contributed by atoms with Crippen LogP contribution in [0.1, 0.15) is 30.5 Å². The summed E-state index contributed by atoms with van der Waals surface area (Å²) in [5.74, 6) is -0.833. The number of hydrogen-bond donors (Lipinski definition) is 1. The zero-order chi connectivity index (χ0) is 14.5. The topological polar surface area (TPSA) is 24.9 Å².